The largest absolute Gasteiger partial charge is 0.454 e. The van der Waals surface area contributed by atoms with Crippen LogP contribution in [0.1, 0.15) is 57.7 Å². The first-order valence-corrected chi connectivity index (χ1v) is 12.4. The van der Waals surface area contributed by atoms with Crippen LogP contribution in [0, 0.1) is 5.92 Å². The minimum Gasteiger partial charge on any atom is -0.454 e. The van der Waals surface area contributed by atoms with Crippen molar-refractivity contribution in [2.75, 3.05) is 13.3 Å². The Morgan fingerprint density at radius 3 is 2.52 bits per heavy atom. The molecule has 0 fully saturated rings. The maximum atomic E-state index is 5.62. The quantitative estimate of drug-likeness (QED) is 0.317. The summed E-state index contributed by atoms with van der Waals surface area (Å²) in [6.45, 7) is 11.0. The van der Waals surface area contributed by atoms with E-state index in [9.17, 15) is 0 Å². The Hall–Kier alpha value is -2.79. The Labute approximate surface area is 198 Å². The van der Waals surface area contributed by atoms with E-state index in [0.717, 1.165) is 49.9 Å². The van der Waals surface area contributed by atoms with E-state index in [4.69, 9.17) is 14.5 Å². The number of fused-ring (bicyclic) bond motifs is 1. The monoisotopic (exact) mass is 447 g/mol. The standard InChI is InChI=1S/C28H37N3O2/c1-4-7-15-31-25(17-29-28(31)24-11-9-8-10-12-24)20-30(18-22(5-2)6-3)19-23-13-14-26-27(16-23)33-21-32-26/h8-14,16-17,22H,4-7,15,18-21H2,1-3H3. The summed E-state index contributed by atoms with van der Waals surface area (Å²) in [4.78, 5) is 7.44. The van der Waals surface area contributed by atoms with Gasteiger partial charge in [0, 0.05) is 31.7 Å². The van der Waals surface area contributed by atoms with Crippen LogP contribution in [0.15, 0.2) is 54.7 Å². The molecular weight excluding hydrogens is 410 g/mol. The molecule has 1 aliphatic rings. The van der Waals surface area contributed by atoms with Crippen molar-refractivity contribution in [1.29, 1.82) is 0 Å². The summed E-state index contributed by atoms with van der Waals surface area (Å²) < 4.78 is 13.6. The van der Waals surface area contributed by atoms with E-state index >= 15 is 0 Å². The van der Waals surface area contributed by atoms with Gasteiger partial charge in [-0.3, -0.25) is 4.90 Å². The Morgan fingerprint density at radius 1 is 0.970 bits per heavy atom. The van der Waals surface area contributed by atoms with Crippen LogP contribution in [-0.4, -0.2) is 27.8 Å². The lowest BCUT2D eigenvalue weighted by atomic mass is 10.0. The van der Waals surface area contributed by atoms with Crippen molar-refractivity contribution in [2.24, 2.45) is 5.92 Å². The molecular formula is C28H37N3O2. The summed E-state index contributed by atoms with van der Waals surface area (Å²) in [5.41, 5.74) is 3.73. The molecule has 2 heterocycles. The second-order valence-corrected chi connectivity index (χ2v) is 8.98. The predicted octanol–water partition coefficient (Wildman–Crippen LogP) is 6.52. The highest BCUT2D eigenvalue weighted by Crippen LogP contribution is 2.33. The molecule has 2 aromatic carbocycles. The lowest BCUT2D eigenvalue weighted by Crippen LogP contribution is -2.29. The summed E-state index contributed by atoms with van der Waals surface area (Å²) >= 11 is 0. The van der Waals surface area contributed by atoms with Crippen LogP contribution in [0.2, 0.25) is 0 Å². The molecule has 4 rings (SSSR count). The molecule has 5 nitrogen and oxygen atoms in total. The number of benzene rings is 2. The van der Waals surface area contributed by atoms with Crippen molar-refractivity contribution < 1.29 is 9.47 Å². The Morgan fingerprint density at radius 2 is 1.76 bits per heavy atom. The van der Waals surface area contributed by atoms with Crippen LogP contribution >= 0.6 is 0 Å². The van der Waals surface area contributed by atoms with Crippen molar-refractivity contribution in [3.8, 4) is 22.9 Å². The third kappa shape index (κ3) is 5.77. The Balaban J connectivity index is 1.60. The molecule has 0 saturated heterocycles. The van der Waals surface area contributed by atoms with Crippen molar-refractivity contribution in [3.63, 3.8) is 0 Å². The maximum Gasteiger partial charge on any atom is 0.231 e. The van der Waals surface area contributed by atoms with Gasteiger partial charge in [-0.1, -0.05) is 76.4 Å². The van der Waals surface area contributed by atoms with Gasteiger partial charge in [0.15, 0.2) is 11.5 Å². The number of nitrogens with zero attached hydrogens (tertiary/aromatic N) is 3. The van der Waals surface area contributed by atoms with Gasteiger partial charge in [-0.25, -0.2) is 4.98 Å². The summed E-state index contributed by atoms with van der Waals surface area (Å²) in [5, 5.41) is 0. The van der Waals surface area contributed by atoms with Crippen LogP contribution in [0.5, 0.6) is 11.5 Å². The molecule has 0 saturated carbocycles. The highest BCUT2D eigenvalue weighted by atomic mass is 16.7. The first kappa shape index (κ1) is 23.4. The molecule has 0 radical (unpaired) electrons. The lowest BCUT2D eigenvalue weighted by Gasteiger charge is -2.27. The molecule has 1 aromatic heterocycles. The minimum atomic E-state index is 0.315. The van der Waals surface area contributed by atoms with Gasteiger partial charge in [0.1, 0.15) is 5.82 Å². The smallest absolute Gasteiger partial charge is 0.231 e. The van der Waals surface area contributed by atoms with Gasteiger partial charge >= 0.3 is 0 Å². The second-order valence-electron chi connectivity index (χ2n) is 8.98. The van der Waals surface area contributed by atoms with Crippen molar-refractivity contribution in [2.45, 2.75) is 66.1 Å². The van der Waals surface area contributed by atoms with Gasteiger partial charge < -0.3 is 14.0 Å². The van der Waals surface area contributed by atoms with E-state index < -0.39 is 0 Å². The van der Waals surface area contributed by atoms with Gasteiger partial charge in [0.05, 0.1) is 11.9 Å². The van der Waals surface area contributed by atoms with E-state index in [1.165, 1.54) is 36.1 Å². The summed E-state index contributed by atoms with van der Waals surface area (Å²) in [6, 6.07) is 16.9. The summed E-state index contributed by atoms with van der Waals surface area (Å²) in [7, 11) is 0. The molecule has 1 aliphatic heterocycles. The van der Waals surface area contributed by atoms with E-state index in [1.54, 1.807) is 0 Å². The fourth-order valence-electron chi connectivity index (χ4n) is 4.54. The number of hydrogen-bond acceptors (Lipinski definition) is 4. The fourth-order valence-corrected chi connectivity index (χ4v) is 4.54. The van der Waals surface area contributed by atoms with Crippen molar-refractivity contribution >= 4 is 0 Å². The molecule has 5 heteroatoms. The van der Waals surface area contributed by atoms with Crippen LogP contribution in [0.25, 0.3) is 11.4 Å². The molecule has 0 N–H and O–H groups in total. The number of hydrogen-bond donors (Lipinski definition) is 0. The lowest BCUT2D eigenvalue weighted by molar-refractivity contribution is 0.173. The zero-order valence-electron chi connectivity index (χ0n) is 20.3. The third-order valence-corrected chi connectivity index (χ3v) is 6.61. The van der Waals surface area contributed by atoms with E-state index in [-0.39, 0.29) is 0 Å². The van der Waals surface area contributed by atoms with Gasteiger partial charge in [-0.2, -0.15) is 0 Å². The Bertz CT molecular complexity index is 1010. The molecule has 0 bridgehead atoms. The van der Waals surface area contributed by atoms with Crippen LogP contribution in [0.3, 0.4) is 0 Å². The molecule has 33 heavy (non-hydrogen) atoms. The molecule has 0 aliphatic carbocycles. The predicted molar refractivity (Wildman–Crippen MR) is 133 cm³/mol. The fraction of sp³-hybridized carbons (Fsp3) is 0.464. The van der Waals surface area contributed by atoms with Crippen LogP contribution in [0.4, 0.5) is 0 Å². The van der Waals surface area contributed by atoms with Gasteiger partial charge in [0.2, 0.25) is 6.79 Å². The summed E-state index contributed by atoms with van der Waals surface area (Å²) in [6.07, 6.45) is 6.78. The first-order chi connectivity index (χ1) is 16.2. The summed E-state index contributed by atoms with van der Waals surface area (Å²) in [5.74, 6) is 3.45. The third-order valence-electron chi connectivity index (χ3n) is 6.61. The van der Waals surface area contributed by atoms with Gasteiger partial charge in [-0.15, -0.1) is 0 Å². The minimum absolute atomic E-state index is 0.315. The van der Waals surface area contributed by atoms with E-state index in [1.807, 2.05) is 6.07 Å². The van der Waals surface area contributed by atoms with Gasteiger partial charge in [0.25, 0.3) is 0 Å². The van der Waals surface area contributed by atoms with E-state index in [2.05, 4.69) is 78.9 Å². The normalized spacial score (nSPS) is 12.8. The molecule has 0 amide bonds. The molecule has 0 atom stereocenters. The molecule has 3 aromatic rings. The number of ether oxygens (including phenoxy) is 2. The number of aromatic nitrogens is 2. The number of unbranched alkanes of at least 4 members (excludes halogenated alkanes) is 1. The zero-order valence-corrected chi connectivity index (χ0v) is 20.3. The van der Waals surface area contributed by atoms with Crippen LogP contribution < -0.4 is 9.47 Å². The van der Waals surface area contributed by atoms with E-state index in [0.29, 0.717) is 12.7 Å². The van der Waals surface area contributed by atoms with Crippen molar-refractivity contribution in [3.05, 3.63) is 66.0 Å². The number of rotatable bonds is 12. The first-order valence-electron chi connectivity index (χ1n) is 12.4. The molecule has 0 spiro atoms. The highest BCUT2D eigenvalue weighted by Gasteiger charge is 2.19. The SMILES string of the molecule is CCCCn1c(CN(Cc2ccc3c(c2)OCO3)CC(CC)CC)cnc1-c1ccccc1. The van der Waals surface area contributed by atoms with Crippen molar-refractivity contribution in [1.82, 2.24) is 14.5 Å². The average Bonchev–Trinajstić information content (AvgIpc) is 3.48. The van der Waals surface area contributed by atoms with Gasteiger partial charge in [-0.05, 0) is 30.0 Å². The highest BCUT2D eigenvalue weighted by molar-refractivity contribution is 5.55. The van der Waals surface area contributed by atoms with Crippen LogP contribution in [-0.2, 0) is 19.6 Å². The maximum absolute atomic E-state index is 5.62. The average molecular weight is 448 g/mol. The second kappa shape index (κ2) is 11.4. The number of imidazole rings is 1. The topological polar surface area (TPSA) is 39.5 Å². The molecule has 0 unspecified atom stereocenters. The zero-order chi connectivity index (χ0) is 23.0. The molecule has 176 valence electrons. The Kier molecular flexibility index (Phi) is 8.05.